The highest BCUT2D eigenvalue weighted by molar-refractivity contribution is 7.26. The molecule has 44 heavy (non-hydrogen) atoms. The first kappa shape index (κ1) is 26.2. The van der Waals surface area contributed by atoms with Gasteiger partial charge in [-0.1, -0.05) is 121 Å². The zero-order valence-electron chi connectivity index (χ0n) is 24.1. The van der Waals surface area contributed by atoms with Crippen molar-refractivity contribution >= 4 is 42.9 Å². The Kier molecular flexibility index (Phi) is 6.75. The summed E-state index contributed by atoms with van der Waals surface area (Å²) in [4.78, 5) is 0. The molecule has 0 aliphatic carbocycles. The maximum Gasteiger partial charge on any atom is 0.0433 e. The van der Waals surface area contributed by atoms with Crippen LogP contribution in [-0.2, 0) is 0 Å². The Morgan fingerprint density at radius 2 is 0.818 bits per heavy atom. The molecule has 1 nitrogen and oxygen atoms in total. The predicted octanol–water partition coefficient (Wildman–Crippen LogP) is 12.5. The maximum absolute atomic E-state index is 3.60. The smallest absolute Gasteiger partial charge is 0.0433 e. The second-order valence-corrected chi connectivity index (χ2v) is 12.1. The van der Waals surface area contributed by atoms with Gasteiger partial charge in [-0.15, -0.1) is 11.3 Å². The van der Waals surface area contributed by atoms with E-state index in [-0.39, 0.29) is 0 Å². The molecule has 0 spiro atoms. The molecule has 0 fully saturated rings. The number of benzene rings is 7. The third-order valence-electron chi connectivity index (χ3n) is 8.25. The number of hydrogen-bond acceptors (Lipinski definition) is 2. The monoisotopic (exact) mass is 579 g/mol. The van der Waals surface area contributed by atoms with Crippen LogP contribution in [0, 0.1) is 0 Å². The van der Waals surface area contributed by atoms with Gasteiger partial charge in [0.05, 0.1) is 0 Å². The number of rotatable bonds is 6. The average molecular weight is 580 g/mol. The van der Waals surface area contributed by atoms with Crippen LogP contribution in [0.1, 0.15) is 0 Å². The number of hydrogen-bond donors (Lipinski definition) is 1. The molecule has 8 rings (SSSR count). The predicted molar refractivity (Wildman–Crippen MR) is 191 cm³/mol. The fourth-order valence-electron chi connectivity index (χ4n) is 6.01. The Balaban J connectivity index is 1.06. The van der Waals surface area contributed by atoms with Crippen molar-refractivity contribution in [3.63, 3.8) is 0 Å². The van der Waals surface area contributed by atoms with E-state index in [9.17, 15) is 0 Å². The highest BCUT2D eigenvalue weighted by Crippen LogP contribution is 2.40. The van der Waals surface area contributed by atoms with Crippen molar-refractivity contribution in [2.24, 2.45) is 0 Å². The summed E-state index contributed by atoms with van der Waals surface area (Å²) in [5.41, 5.74) is 11.9. The summed E-state index contributed by atoms with van der Waals surface area (Å²) < 4.78 is 2.68. The third kappa shape index (κ3) is 5.06. The molecular weight excluding hydrogens is 551 g/mol. The van der Waals surface area contributed by atoms with Crippen molar-refractivity contribution in [3.05, 3.63) is 170 Å². The maximum atomic E-state index is 3.60. The van der Waals surface area contributed by atoms with Crippen LogP contribution in [0.2, 0.25) is 0 Å². The molecule has 0 atom stereocenters. The zero-order chi connectivity index (χ0) is 29.3. The van der Waals surface area contributed by atoms with Crippen molar-refractivity contribution in [3.8, 4) is 44.5 Å². The molecule has 0 aliphatic heterocycles. The van der Waals surface area contributed by atoms with E-state index in [2.05, 4.69) is 175 Å². The van der Waals surface area contributed by atoms with E-state index in [0.29, 0.717) is 0 Å². The van der Waals surface area contributed by atoms with E-state index in [1.165, 1.54) is 64.7 Å². The number of anilines is 2. The Hall–Kier alpha value is -5.44. The second kappa shape index (κ2) is 11.3. The van der Waals surface area contributed by atoms with Crippen LogP contribution in [0.3, 0.4) is 0 Å². The van der Waals surface area contributed by atoms with E-state index in [1.54, 1.807) is 0 Å². The van der Waals surface area contributed by atoms with E-state index >= 15 is 0 Å². The Morgan fingerprint density at radius 3 is 1.41 bits per heavy atom. The van der Waals surface area contributed by atoms with Crippen molar-refractivity contribution in [2.75, 3.05) is 5.32 Å². The van der Waals surface area contributed by atoms with Gasteiger partial charge in [-0.25, -0.2) is 0 Å². The molecule has 208 valence electrons. The molecule has 0 unspecified atom stereocenters. The number of thiophene rings is 1. The van der Waals surface area contributed by atoms with E-state index < -0.39 is 0 Å². The zero-order valence-corrected chi connectivity index (χ0v) is 24.9. The van der Waals surface area contributed by atoms with Gasteiger partial charge in [-0.2, -0.15) is 0 Å². The summed E-state index contributed by atoms with van der Waals surface area (Å²) >= 11 is 1.87. The summed E-state index contributed by atoms with van der Waals surface area (Å²) in [7, 11) is 0. The molecule has 0 aliphatic rings. The normalized spacial score (nSPS) is 11.2. The lowest BCUT2D eigenvalue weighted by molar-refractivity contribution is 1.53. The van der Waals surface area contributed by atoms with Crippen LogP contribution in [0.25, 0.3) is 64.7 Å². The molecule has 0 saturated carbocycles. The van der Waals surface area contributed by atoms with Gasteiger partial charge in [0.25, 0.3) is 0 Å². The first-order valence-corrected chi connectivity index (χ1v) is 15.7. The molecule has 1 heterocycles. The third-order valence-corrected chi connectivity index (χ3v) is 9.47. The van der Waals surface area contributed by atoms with Gasteiger partial charge < -0.3 is 5.32 Å². The molecular formula is C42H29NS. The largest absolute Gasteiger partial charge is 0.356 e. The van der Waals surface area contributed by atoms with Crippen LogP contribution in [-0.4, -0.2) is 0 Å². The van der Waals surface area contributed by atoms with Crippen LogP contribution in [0.4, 0.5) is 11.4 Å². The van der Waals surface area contributed by atoms with E-state index in [1.807, 2.05) is 11.3 Å². The van der Waals surface area contributed by atoms with Gasteiger partial charge in [0, 0.05) is 31.5 Å². The van der Waals surface area contributed by atoms with Gasteiger partial charge in [-0.3, -0.25) is 0 Å². The van der Waals surface area contributed by atoms with Crippen molar-refractivity contribution < 1.29 is 0 Å². The summed E-state index contributed by atoms with van der Waals surface area (Å²) in [6.07, 6.45) is 0. The quantitative estimate of drug-likeness (QED) is 0.207. The molecule has 1 N–H and O–H groups in total. The number of fused-ring (bicyclic) bond motifs is 3. The molecule has 1 aromatic heterocycles. The fraction of sp³-hybridized carbons (Fsp3) is 0. The first-order valence-electron chi connectivity index (χ1n) is 14.9. The standard InChI is InChI=1S/C42H29NS/c1-3-10-29(11-4-1)33-26-34(30-12-5-2-6-13-30)28-35(27-33)31-18-22-36(23-19-31)43-37-24-20-32(21-25-37)38-15-9-16-40-39-14-7-8-17-41(39)44-42(38)40/h1-28,43H. The SMILES string of the molecule is c1ccc(-c2cc(-c3ccccc3)cc(-c3ccc(Nc4ccc(-c5cccc6c5sc5ccccc56)cc4)cc3)c2)cc1. The Bertz CT molecular complexity index is 2150. The van der Waals surface area contributed by atoms with E-state index in [0.717, 1.165) is 11.4 Å². The minimum Gasteiger partial charge on any atom is -0.356 e. The van der Waals surface area contributed by atoms with Crippen LogP contribution in [0.5, 0.6) is 0 Å². The van der Waals surface area contributed by atoms with Gasteiger partial charge in [0.2, 0.25) is 0 Å². The van der Waals surface area contributed by atoms with Crippen LogP contribution < -0.4 is 5.32 Å². The molecule has 7 aromatic carbocycles. The van der Waals surface area contributed by atoms with Crippen LogP contribution in [0.15, 0.2) is 170 Å². The first-order chi connectivity index (χ1) is 21.8. The summed E-state index contributed by atoms with van der Waals surface area (Å²) in [6.45, 7) is 0. The van der Waals surface area contributed by atoms with Gasteiger partial charge in [-0.05, 0) is 93.0 Å². The topological polar surface area (TPSA) is 12.0 Å². The molecule has 8 aromatic rings. The fourth-order valence-corrected chi connectivity index (χ4v) is 7.25. The van der Waals surface area contributed by atoms with E-state index in [4.69, 9.17) is 0 Å². The summed E-state index contributed by atoms with van der Waals surface area (Å²) in [5, 5.41) is 6.26. The molecule has 0 bridgehead atoms. The second-order valence-electron chi connectivity index (χ2n) is 11.1. The average Bonchev–Trinajstić information content (AvgIpc) is 3.49. The lowest BCUT2D eigenvalue weighted by atomic mass is 9.93. The minimum absolute atomic E-state index is 1.07. The van der Waals surface area contributed by atoms with Gasteiger partial charge in [0.1, 0.15) is 0 Å². The lowest BCUT2D eigenvalue weighted by Crippen LogP contribution is -1.91. The summed E-state index contributed by atoms with van der Waals surface area (Å²) in [5.74, 6) is 0. The van der Waals surface area contributed by atoms with Crippen LogP contribution >= 0.6 is 11.3 Å². The van der Waals surface area contributed by atoms with Crippen molar-refractivity contribution in [1.29, 1.82) is 0 Å². The lowest BCUT2D eigenvalue weighted by Gasteiger charge is -2.12. The van der Waals surface area contributed by atoms with Gasteiger partial charge >= 0.3 is 0 Å². The molecule has 0 amide bonds. The highest BCUT2D eigenvalue weighted by Gasteiger charge is 2.11. The minimum atomic E-state index is 1.07. The number of nitrogens with one attached hydrogen (secondary N) is 1. The summed E-state index contributed by atoms with van der Waals surface area (Å²) in [6, 6.07) is 60.9. The molecule has 0 saturated heterocycles. The highest BCUT2D eigenvalue weighted by atomic mass is 32.1. The molecule has 0 radical (unpaired) electrons. The molecule has 2 heteroatoms. The van der Waals surface area contributed by atoms with Gasteiger partial charge in [0.15, 0.2) is 0 Å². The Labute approximate surface area is 261 Å². The van der Waals surface area contributed by atoms with Crippen molar-refractivity contribution in [1.82, 2.24) is 0 Å². The Morgan fingerprint density at radius 1 is 0.341 bits per heavy atom. The van der Waals surface area contributed by atoms with Crippen molar-refractivity contribution in [2.45, 2.75) is 0 Å².